The molecule has 1 aromatic heterocycles. The summed E-state index contributed by atoms with van der Waals surface area (Å²) in [6, 6.07) is 11.7. The molecule has 2 N–H and O–H groups in total. The van der Waals surface area contributed by atoms with Crippen molar-refractivity contribution in [3.05, 3.63) is 64.8 Å². The quantitative estimate of drug-likeness (QED) is 0.398. The molecule has 0 bridgehead atoms. The zero-order valence-electron chi connectivity index (χ0n) is 18.8. The topological polar surface area (TPSA) is 126 Å². The maximum atomic E-state index is 13.5. The molecule has 1 aliphatic heterocycles. The van der Waals surface area contributed by atoms with E-state index in [1.807, 2.05) is 0 Å². The Morgan fingerprint density at radius 1 is 1.25 bits per heavy atom. The van der Waals surface area contributed by atoms with E-state index >= 15 is 0 Å². The van der Waals surface area contributed by atoms with Crippen LogP contribution < -0.4 is 10.1 Å². The maximum absolute atomic E-state index is 13.5. The fourth-order valence-electron chi connectivity index (χ4n) is 4.18. The van der Waals surface area contributed by atoms with Crippen molar-refractivity contribution in [3.8, 4) is 23.4 Å². The zero-order chi connectivity index (χ0) is 26.1. The molecule has 12 heteroatoms. The number of carbonyl (C=O) groups is 1. The van der Waals surface area contributed by atoms with Gasteiger partial charge in [-0.15, -0.1) is 0 Å². The minimum atomic E-state index is -4.67. The molecule has 4 rings (SSSR count). The van der Waals surface area contributed by atoms with Gasteiger partial charge in [0.15, 0.2) is 0 Å². The van der Waals surface area contributed by atoms with Gasteiger partial charge in [-0.2, -0.15) is 23.7 Å². The van der Waals surface area contributed by atoms with Gasteiger partial charge in [-0.25, -0.2) is 9.97 Å². The number of fused-ring (bicyclic) bond motifs is 1. The lowest BCUT2D eigenvalue weighted by atomic mass is 9.83. The molecular formula is C24H17BF3N6O2. The van der Waals surface area contributed by atoms with Crippen LogP contribution in [0.5, 0.6) is 0 Å². The number of alkyl halides is 3. The Bertz CT molecular complexity index is 1430. The van der Waals surface area contributed by atoms with Crippen LogP contribution in [0.25, 0.3) is 11.3 Å². The fourth-order valence-corrected chi connectivity index (χ4v) is 4.18. The number of benzene rings is 2. The molecule has 2 heterocycles. The number of nitrogens with one attached hydrogen (secondary N) is 1. The molecule has 179 valence electrons. The van der Waals surface area contributed by atoms with Crippen LogP contribution >= 0.6 is 0 Å². The lowest BCUT2D eigenvalue weighted by molar-refractivity contribution is -0.136. The number of nitrogens with zero attached hydrogens (tertiary/aromatic N) is 5. The second kappa shape index (κ2) is 9.32. The van der Waals surface area contributed by atoms with Gasteiger partial charge in [0, 0.05) is 29.4 Å². The standard InChI is InChI=1S/C24H17BF3N6O2/c1-23(12-35)11-34(25-13-36)21-16(10-30)7-15(8-18(21)23)19-4-5-31-22(32-19)33-20-6-14(9-29)2-3-17(20)24(26,27)28/h2-8,13,35H,11-12H2,1H3,(H,31,32,33)/t23-/m1/s1. The van der Waals surface area contributed by atoms with Gasteiger partial charge in [-0.05, 0) is 42.0 Å². The van der Waals surface area contributed by atoms with Crippen molar-refractivity contribution >= 4 is 30.9 Å². The van der Waals surface area contributed by atoms with E-state index in [-0.39, 0.29) is 35.9 Å². The minimum Gasteiger partial charge on any atom is -0.410 e. The van der Waals surface area contributed by atoms with Crippen LogP contribution in [-0.2, 0) is 16.4 Å². The molecule has 1 aliphatic rings. The summed E-state index contributed by atoms with van der Waals surface area (Å²) in [7, 11) is 1.29. The summed E-state index contributed by atoms with van der Waals surface area (Å²) in [5.74, 6) is -0.145. The number of nitriles is 2. The molecule has 0 saturated heterocycles. The third kappa shape index (κ3) is 4.46. The number of carbonyl (C=O) groups excluding carboxylic acids is 1. The van der Waals surface area contributed by atoms with Gasteiger partial charge in [0.05, 0.1) is 40.7 Å². The largest absolute Gasteiger partial charge is 0.418 e. The van der Waals surface area contributed by atoms with Crippen molar-refractivity contribution in [1.29, 1.82) is 10.5 Å². The first-order valence-electron chi connectivity index (χ1n) is 10.6. The minimum absolute atomic E-state index is 0.0268. The van der Waals surface area contributed by atoms with Gasteiger partial charge in [-0.1, -0.05) is 6.92 Å². The van der Waals surface area contributed by atoms with Crippen LogP contribution in [0.15, 0.2) is 42.6 Å². The highest BCUT2D eigenvalue weighted by Crippen LogP contribution is 2.44. The third-order valence-corrected chi connectivity index (χ3v) is 5.93. The molecule has 0 saturated carbocycles. The van der Waals surface area contributed by atoms with Crippen LogP contribution in [0.4, 0.5) is 30.5 Å². The lowest BCUT2D eigenvalue weighted by Crippen LogP contribution is -2.36. The number of aromatic nitrogens is 2. The average molecular weight is 489 g/mol. The summed E-state index contributed by atoms with van der Waals surface area (Å²) in [6.45, 7) is 1.83. The highest BCUT2D eigenvalue weighted by Gasteiger charge is 2.40. The average Bonchev–Trinajstić information content (AvgIpc) is 3.15. The van der Waals surface area contributed by atoms with E-state index in [0.717, 1.165) is 18.2 Å². The van der Waals surface area contributed by atoms with Crippen LogP contribution in [-0.4, -0.2) is 41.8 Å². The first kappa shape index (κ1) is 24.7. The van der Waals surface area contributed by atoms with Crippen LogP contribution in [0.3, 0.4) is 0 Å². The van der Waals surface area contributed by atoms with E-state index in [1.165, 1.54) is 19.7 Å². The molecule has 0 fully saturated rings. The predicted octanol–water partition coefficient (Wildman–Crippen LogP) is 3.53. The molecule has 0 spiro atoms. The summed E-state index contributed by atoms with van der Waals surface area (Å²) < 4.78 is 40.5. The van der Waals surface area contributed by atoms with Crippen molar-refractivity contribution in [3.63, 3.8) is 0 Å². The molecule has 36 heavy (non-hydrogen) atoms. The van der Waals surface area contributed by atoms with Crippen LogP contribution in [0.1, 0.15) is 29.2 Å². The molecule has 0 amide bonds. The number of hydrogen-bond donors (Lipinski definition) is 2. The van der Waals surface area contributed by atoms with E-state index in [1.54, 1.807) is 29.9 Å². The van der Waals surface area contributed by atoms with E-state index in [0.29, 0.717) is 28.7 Å². The van der Waals surface area contributed by atoms with Gasteiger partial charge in [-0.3, -0.25) is 0 Å². The Labute approximate surface area is 204 Å². The predicted molar refractivity (Wildman–Crippen MR) is 126 cm³/mol. The lowest BCUT2D eigenvalue weighted by Gasteiger charge is -2.23. The number of aliphatic hydroxyl groups is 1. The summed E-state index contributed by atoms with van der Waals surface area (Å²) in [5, 5.41) is 31.5. The van der Waals surface area contributed by atoms with Gasteiger partial charge in [0.25, 0.3) is 0 Å². The van der Waals surface area contributed by atoms with Gasteiger partial charge in [0.2, 0.25) is 5.95 Å². The molecule has 8 nitrogen and oxygen atoms in total. The molecule has 3 aromatic rings. The number of hydrogen-bond acceptors (Lipinski definition) is 8. The Morgan fingerprint density at radius 2 is 2.03 bits per heavy atom. The summed E-state index contributed by atoms with van der Waals surface area (Å²) in [6.07, 6.45) is -2.72. The first-order chi connectivity index (χ1) is 17.1. The second-order valence-corrected chi connectivity index (χ2v) is 8.42. The molecule has 0 aliphatic carbocycles. The number of aliphatic hydroxyl groups excluding tert-OH is 1. The van der Waals surface area contributed by atoms with E-state index in [4.69, 9.17) is 5.26 Å². The molecule has 1 radical (unpaired) electrons. The molecule has 1 atom stereocenters. The van der Waals surface area contributed by atoms with Crippen LogP contribution in [0.2, 0.25) is 0 Å². The van der Waals surface area contributed by atoms with Crippen LogP contribution in [0, 0.1) is 22.7 Å². The Balaban J connectivity index is 1.79. The monoisotopic (exact) mass is 489 g/mol. The highest BCUT2D eigenvalue weighted by atomic mass is 19.4. The Hall–Kier alpha value is -4.42. The maximum Gasteiger partial charge on any atom is 0.418 e. The number of anilines is 3. The van der Waals surface area contributed by atoms with Gasteiger partial charge in [0.1, 0.15) is 12.3 Å². The van der Waals surface area contributed by atoms with Crippen molar-refractivity contribution in [2.24, 2.45) is 0 Å². The van der Waals surface area contributed by atoms with Crippen molar-refractivity contribution in [2.45, 2.75) is 18.5 Å². The highest BCUT2D eigenvalue weighted by molar-refractivity contribution is 6.70. The van der Waals surface area contributed by atoms with E-state index in [9.17, 15) is 28.3 Å². The number of rotatable bonds is 6. The first-order valence-corrected chi connectivity index (χ1v) is 10.6. The Morgan fingerprint density at radius 3 is 2.67 bits per heavy atom. The van der Waals surface area contributed by atoms with Crippen molar-refractivity contribution in [1.82, 2.24) is 9.97 Å². The zero-order valence-corrected chi connectivity index (χ0v) is 18.8. The summed E-state index contributed by atoms with van der Waals surface area (Å²) >= 11 is 0. The van der Waals surface area contributed by atoms with E-state index in [2.05, 4.69) is 21.4 Å². The SMILES string of the molecule is C[C@]1(CO)CN([B]C=O)c2c(C#N)cc(-c3ccnc(Nc4cc(C#N)ccc4C(F)(F)F)n3)cc21. The fraction of sp³-hybridized carbons (Fsp3) is 0.208. The molecule has 2 aromatic carbocycles. The van der Waals surface area contributed by atoms with Crippen molar-refractivity contribution in [2.75, 3.05) is 23.3 Å². The van der Waals surface area contributed by atoms with Crippen molar-refractivity contribution < 1.29 is 23.1 Å². The number of halogens is 3. The Kier molecular flexibility index (Phi) is 6.40. The normalized spacial score (nSPS) is 16.6. The summed E-state index contributed by atoms with van der Waals surface area (Å²) in [4.78, 5) is 21.1. The van der Waals surface area contributed by atoms with E-state index < -0.39 is 17.2 Å². The van der Waals surface area contributed by atoms with Gasteiger partial charge < -0.3 is 20.0 Å². The smallest absolute Gasteiger partial charge is 0.410 e. The molecule has 0 unspecified atom stereocenters. The third-order valence-electron chi connectivity index (χ3n) is 5.93. The molecular weight excluding hydrogens is 472 g/mol. The second-order valence-electron chi connectivity index (χ2n) is 8.42. The van der Waals surface area contributed by atoms with Gasteiger partial charge >= 0.3 is 13.6 Å². The summed E-state index contributed by atoms with van der Waals surface area (Å²) in [5.41, 5.74) is 0.0604.